The summed E-state index contributed by atoms with van der Waals surface area (Å²) in [6.07, 6.45) is 0.206. The van der Waals surface area contributed by atoms with Gasteiger partial charge in [-0.05, 0) is 42.5 Å². The van der Waals surface area contributed by atoms with Crippen molar-refractivity contribution < 1.29 is 14.3 Å². The molecule has 2 aromatic carbocycles. The number of ether oxygens (including phenoxy) is 1. The van der Waals surface area contributed by atoms with E-state index in [9.17, 15) is 9.59 Å². The first-order valence-corrected chi connectivity index (χ1v) is 10.2. The molecular weight excluding hydrogens is 413 g/mol. The molecule has 2 aliphatic rings. The molecule has 0 unspecified atom stereocenters. The predicted octanol–water partition coefficient (Wildman–Crippen LogP) is 3.46. The van der Waals surface area contributed by atoms with Crippen molar-refractivity contribution in [3.05, 3.63) is 52.5 Å². The maximum atomic E-state index is 13.0. The Morgan fingerprint density at radius 1 is 0.897 bits per heavy atom. The molecule has 2 saturated heterocycles. The molecule has 4 rings (SSSR count). The first-order chi connectivity index (χ1) is 14.0. The normalized spacial score (nSPS) is 20.4. The number of piperazine rings is 1. The van der Waals surface area contributed by atoms with Crippen LogP contribution in [0.4, 0.5) is 11.4 Å². The smallest absolute Gasteiger partial charge is 0.251 e. The van der Waals surface area contributed by atoms with Crippen LogP contribution in [0.2, 0.25) is 10.0 Å². The minimum absolute atomic E-state index is 0.164. The van der Waals surface area contributed by atoms with Gasteiger partial charge in [-0.15, -0.1) is 0 Å². The van der Waals surface area contributed by atoms with Gasteiger partial charge in [-0.1, -0.05) is 23.2 Å². The van der Waals surface area contributed by atoms with Gasteiger partial charge in [0.1, 0.15) is 5.75 Å². The highest BCUT2D eigenvalue weighted by molar-refractivity contribution is 6.42. The van der Waals surface area contributed by atoms with E-state index in [2.05, 4.69) is 9.80 Å². The van der Waals surface area contributed by atoms with E-state index in [1.54, 1.807) is 37.4 Å². The summed E-state index contributed by atoms with van der Waals surface area (Å²) < 4.78 is 5.15. The maximum absolute atomic E-state index is 13.0. The second-order valence-corrected chi connectivity index (χ2v) is 7.92. The molecule has 0 aromatic heterocycles. The van der Waals surface area contributed by atoms with Crippen molar-refractivity contribution in [2.24, 2.45) is 0 Å². The molecule has 0 N–H and O–H groups in total. The van der Waals surface area contributed by atoms with E-state index in [1.165, 1.54) is 4.90 Å². The number of hydrogen-bond acceptors (Lipinski definition) is 5. The number of halogens is 2. The average molecular weight is 434 g/mol. The molecule has 0 bridgehead atoms. The van der Waals surface area contributed by atoms with Crippen molar-refractivity contribution in [3.63, 3.8) is 0 Å². The lowest BCUT2D eigenvalue weighted by Gasteiger charge is -2.38. The number of anilines is 2. The molecule has 2 amide bonds. The first-order valence-electron chi connectivity index (χ1n) is 9.43. The second-order valence-electron chi connectivity index (χ2n) is 7.11. The van der Waals surface area contributed by atoms with Crippen molar-refractivity contribution in [1.29, 1.82) is 0 Å². The van der Waals surface area contributed by atoms with E-state index >= 15 is 0 Å². The van der Waals surface area contributed by atoms with E-state index in [1.807, 2.05) is 12.1 Å². The molecule has 2 fully saturated rings. The van der Waals surface area contributed by atoms with Crippen LogP contribution in [0, 0.1) is 0 Å². The monoisotopic (exact) mass is 433 g/mol. The van der Waals surface area contributed by atoms with E-state index < -0.39 is 6.04 Å². The minimum Gasteiger partial charge on any atom is -0.497 e. The van der Waals surface area contributed by atoms with Crippen LogP contribution < -0.4 is 14.5 Å². The topological polar surface area (TPSA) is 53.1 Å². The summed E-state index contributed by atoms with van der Waals surface area (Å²) in [5.41, 5.74) is 1.59. The van der Waals surface area contributed by atoms with Crippen LogP contribution in [0.15, 0.2) is 42.5 Å². The predicted molar refractivity (Wildman–Crippen MR) is 114 cm³/mol. The number of methoxy groups -OCH3 is 1. The van der Waals surface area contributed by atoms with E-state index in [0.717, 1.165) is 18.8 Å². The van der Waals surface area contributed by atoms with Gasteiger partial charge in [0, 0.05) is 31.9 Å². The van der Waals surface area contributed by atoms with Gasteiger partial charge in [-0.25, -0.2) is 4.90 Å². The Kier molecular flexibility index (Phi) is 5.67. The molecule has 0 spiro atoms. The summed E-state index contributed by atoms with van der Waals surface area (Å²) >= 11 is 12.1. The molecule has 1 atom stereocenters. The Labute approximate surface area is 179 Å². The van der Waals surface area contributed by atoms with Crippen molar-refractivity contribution in [3.8, 4) is 5.75 Å². The van der Waals surface area contributed by atoms with Crippen LogP contribution in [-0.4, -0.2) is 56.0 Å². The van der Waals surface area contributed by atoms with Gasteiger partial charge < -0.3 is 9.64 Å². The average Bonchev–Trinajstić information content (AvgIpc) is 3.04. The lowest BCUT2D eigenvalue weighted by Crippen LogP contribution is -2.52. The molecule has 152 valence electrons. The Balaban J connectivity index is 1.42. The molecule has 8 heteroatoms. The van der Waals surface area contributed by atoms with Crippen molar-refractivity contribution >= 4 is 46.4 Å². The highest BCUT2D eigenvalue weighted by atomic mass is 35.5. The fraction of sp³-hybridized carbons (Fsp3) is 0.333. The molecule has 2 heterocycles. The maximum Gasteiger partial charge on any atom is 0.251 e. The summed E-state index contributed by atoms with van der Waals surface area (Å²) in [4.78, 5) is 31.1. The third kappa shape index (κ3) is 3.92. The zero-order valence-electron chi connectivity index (χ0n) is 16.0. The van der Waals surface area contributed by atoms with E-state index in [-0.39, 0.29) is 18.2 Å². The molecule has 2 aromatic rings. The Morgan fingerprint density at radius 3 is 2.17 bits per heavy atom. The quantitative estimate of drug-likeness (QED) is 0.691. The largest absolute Gasteiger partial charge is 0.497 e. The van der Waals surface area contributed by atoms with E-state index in [0.29, 0.717) is 34.6 Å². The first kappa shape index (κ1) is 20.0. The van der Waals surface area contributed by atoms with E-state index in [4.69, 9.17) is 27.9 Å². The fourth-order valence-corrected chi connectivity index (χ4v) is 4.17. The van der Waals surface area contributed by atoms with Crippen LogP contribution in [0.25, 0.3) is 0 Å². The third-order valence-corrected chi connectivity index (χ3v) is 6.22. The van der Waals surface area contributed by atoms with Crippen LogP contribution in [0.3, 0.4) is 0 Å². The Bertz CT molecular complexity index is 927. The summed E-state index contributed by atoms with van der Waals surface area (Å²) in [5.74, 6) is 0.350. The lowest BCUT2D eigenvalue weighted by molar-refractivity contribution is -0.123. The summed E-state index contributed by atoms with van der Waals surface area (Å²) in [5, 5.41) is 1.06. The SMILES string of the molecule is COc1ccc(N2C(=O)C[C@H](N3CCN(c4ccc(Cl)c(Cl)c4)CC3)C2=O)cc1. The highest BCUT2D eigenvalue weighted by Crippen LogP contribution is 2.30. The summed E-state index contributed by atoms with van der Waals surface area (Å²) in [6, 6.07) is 12.1. The number of amides is 2. The van der Waals surface area contributed by atoms with Gasteiger partial charge in [-0.3, -0.25) is 14.5 Å². The zero-order chi connectivity index (χ0) is 20.5. The Morgan fingerprint density at radius 2 is 1.55 bits per heavy atom. The number of imide groups is 1. The van der Waals surface area contributed by atoms with Crippen molar-refractivity contribution in [2.45, 2.75) is 12.5 Å². The van der Waals surface area contributed by atoms with Crippen molar-refractivity contribution in [2.75, 3.05) is 43.1 Å². The molecule has 29 heavy (non-hydrogen) atoms. The number of hydrogen-bond donors (Lipinski definition) is 0. The molecule has 6 nitrogen and oxygen atoms in total. The van der Waals surface area contributed by atoms with Crippen LogP contribution in [0.5, 0.6) is 5.75 Å². The number of carbonyl (C=O) groups is 2. The van der Waals surface area contributed by atoms with Crippen molar-refractivity contribution in [1.82, 2.24) is 4.90 Å². The summed E-state index contributed by atoms with van der Waals surface area (Å²) in [6.45, 7) is 2.89. The molecule has 0 radical (unpaired) electrons. The number of rotatable bonds is 4. The standard InChI is InChI=1S/C21H21Cl2N3O3/c1-29-16-5-2-14(3-6-16)26-20(27)13-19(21(26)28)25-10-8-24(9-11-25)15-4-7-17(22)18(23)12-15/h2-7,12,19H,8-11,13H2,1H3/t19-/m0/s1. The molecule has 0 aliphatic carbocycles. The van der Waals surface area contributed by atoms with Gasteiger partial charge in [0.05, 0.1) is 35.3 Å². The van der Waals surface area contributed by atoms with Gasteiger partial charge in [0.15, 0.2) is 0 Å². The van der Waals surface area contributed by atoms with Gasteiger partial charge in [-0.2, -0.15) is 0 Å². The Hall–Kier alpha value is -2.28. The van der Waals surface area contributed by atoms with Crippen LogP contribution in [-0.2, 0) is 9.59 Å². The summed E-state index contributed by atoms with van der Waals surface area (Å²) in [7, 11) is 1.58. The lowest BCUT2D eigenvalue weighted by atomic mass is 10.1. The zero-order valence-corrected chi connectivity index (χ0v) is 17.5. The number of benzene rings is 2. The van der Waals surface area contributed by atoms with Gasteiger partial charge >= 0.3 is 0 Å². The number of carbonyl (C=O) groups excluding carboxylic acids is 2. The molecular formula is C21H21Cl2N3O3. The third-order valence-electron chi connectivity index (χ3n) is 5.48. The number of nitrogens with zero attached hydrogens (tertiary/aromatic N) is 3. The van der Waals surface area contributed by atoms with Crippen LogP contribution in [0.1, 0.15) is 6.42 Å². The minimum atomic E-state index is -0.416. The van der Waals surface area contributed by atoms with Gasteiger partial charge in [0.2, 0.25) is 5.91 Å². The van der Waals surface area contributed by atoms with Gasteiger partial charge in [0.25, 0.3) is 5.91 Å². The second kappa shape index (κ2) is 8.22. The fourth-order valence-electron chi connectivity index (χ4n) is 3.88. The highest BCUT2D eigenvalue weighted by Gasteiger charge is 2.43. The van der Waals surface area contributed by atoms with Crippen LogP contribution >= 0.6 is 23.2 Å². The molecule has 0 saturated carbocycles. The molecule has 2 aliphatic heterocycles.